The van der Waals surface area contributed by atoms with Gasteiger partial charge in [-0.05, 0) is 18.1 Å². The molecule has 0 spiro atoms. The van der Waals surface area contributed by atoms with E-state index in [1.165, 1.54) is 5.56 Å². The minimum atomic E-state index is -0.00850. The summed E-state index contributed by atoms with van der Waals surface area (Å²) in [5.41, 5.74) is 2.40. The number of rotatable bonds is 9. The van der Waals surface area contributed by atoms with Crippen LogP contribution in [0.25, 0.3) is 0 Å². The Morgan fingerprint density at radius 1 is 1.00 bits per heavy atom. The van der Waals surface area contributed by atoms with Gasteiger partial charge in [-0.2, -0.15) is 0 Å². The van der Waals surface area contributed by atoms with Crippen molar-refractivity contribution in [2.75, 3.05) is 52.5 Å². The van der Waals surface area contributed by atoms with Crippen LogP contribution < -0.4 is 10.6 Å². The lowest BCUT2D eigenvalue weighted by Gasteiger charge is -2.35. The highest BCUT2D eigenvalue weighted by atomic mass is 16.5. The fourth-order valence-corrected chi connectivity index (χ4v) is 3.75. The van der Waals surface area contributed by atoms with Crippen LogP contribution in [-0.2, 0) is 4.74 Å². The van der Waals surface area contributed by atoms with Crippen molar-refractivity contribution < 1.29 is 9.84 Å². The molecule has 2 atom stereocenters. The monoisotopic (exact) mass is 410 g/mol. The zero-order valence-corrected chi connectivity index (χ0v) is 17.8. The first kappa shape index (κ1) is 22.3. The van der Waals surface area contributed by atoms with Crippen LogP contribution in [0.3, 0.4) is 0 Å². The first-order chi connectivity index (χ1) is 14.8. The Labute approximate surface area is 180 Å². The van der Waals surface area contributed by atoms with E-state index in [-0.39, 0.29) is 18.6 Å². The zero-order valence-electron chi connectivity index (χ0n) is 17.8. The van der Waals surface area contributed by atoms with Crippen LogP contribution in [0.5, 0.6) is 0 Å². The molecule has 1 fully saturated rings. The van der Waals surface area contributed by atoms with E-state index < -0.39 is 0 Å². The second-order valence-electron chi connectivity index (χ2n) is 7.47. The number of guanidine groups is 1. The van der Waals surface area contributed by atoms with Crippen molar-refractivity contribution in [3.05, 3.63) is 71.8 Å². The predicted octanol–water partition coefficient (Wildman–Crippen LogP) is 2.39. The highest BCUT2D eigenvalue weighted by Gasteiger charge is 2.22. The standard InChI is InChI=1S/C24H34N4O2/c1-2-25-24(26-17-22(19-29)20-9-5-3-6-10-20)27-18-23(21-11-7-4-8-12-21)28-13-15-30-16-14-28/h3-12,22-23,29H,2,13-19H2,1H3,(H2,25,26,27). The third-order valence-corrected chi connectivity index (χ3v) is 5.44. The lowest BCUT2D eigenvalue weighted by molar-refractivity contribution is 0.0170. The Balaban J connectivity index is 1.68. The van der Waals surface area contributed by atoms with Gasteiger partial charge in [0.05, 0.1) is 32.4 Å². The van der Waals surface area contributed by atoms with E-state index in [1.807, 2.05) is 30.3 Å². The Morgan fingerprint density at radius 3 is 2.23 bits per heavy atom. The molecular formula is C24H34N4O2. The van der Waals surface area contributed by atoms with Crippen LogP contribution >= 0.6 is 0 Å². The zero-order chi connectivity index (χ0) is 21.0. The smallest absolute Gasteiger partial charge is 0.191 e. The van der Waals surface area contributed by atoms with Gasteiger partial charge >= 0.3 is 0 Å². The van der Waals surface area contributed by atoms with Gasteiger partial charge in [-0.3, -0.25) is 9.89 Å². The Morgan fingerprint density at radius 2 is 1.63 bits per heavy atom. The molecule has 2 unspecified atom stereocenters. The van der Waals surface area contributed by atoms with Gasteiger partial charge in [0.25, 0.3) is 0 Å². The second-order valence-corrected chi connectivity index (χ2v) is 7.47. The number of hydrogen-bond acceptors (Lipinski definition) is 4. The van der Waals surface area contributed by atoms with Gasteiger partial charge in [0.1, 0.15) is 0 Å². The summed E-state index contributed by atoms with van der Waals surface area (Å²) in [4.78, 5) is 7.23. The molecule has 6 heteroatoms. The second kappa shape index (κ2) is 12.3. The van der Waals surface area contributed by atoms with Gasteiger partial charge in [-0.1, -0.05) is 60.7 Å². The van der Waals surface area contributed by atoms with Crippen molar-refractivity contribution in [1.82, 2.24) is 15.5 Å². The highest BCUT2D eigenvalue weighted by molar-refractivity contribution is 5.79. The van der Waals surface area contributed by atoms with Crippen LogP contribution in [0.1, 0.15) is 30.0 Å². The van der Waals surface area contributed by atoms with E-state index in [1.54, 1.807) is 0 Å². The van der Waals surface area contributed by atoms with Crippen LogP contribution in [0, 0.1) is 0 Å². The van der Waals surface area contributed by atoms with Gasteiger partial charge < -0.3 is 20.5 Å². The van der Waals surface area contributed by atoms with E-state index in [2.05, 4.69) is 52.8 Å². The SMILES string of the molecule is CCNC(=NCC(CO)c1ccccc1)NCC(c1ccccc1)N1CCOCC1. The summed E-state index contributed by atoms with van der Waals surface area (Å²) in [7, 11) is 0. The van der Waals surface area contributed by atoms with Crippen molar-refractivity contribution in [2.24, 2.45) is 4.99 Å². The van der Waals surface area contributed by atoms with Crippen molar-refractivity contribution in [1.29, 1.82) is 0 Å². The Kier molecular flexibility index (Phi) is 9.15. The molecule has 162 valence electrons. The molecule has 2 aromatic rings. The third kappa shape index (κ3) is 6.55. The first-order valence-corrected chi connectivity index (χ1v) is 10.9. The number of benzene rings is 2. The molecule has 1 aliphatic rings. The highest BCUT2D eigenvalue weighted by Crippen LogP contribution is 2.21. The van der Waals surface area contributed by atoms with Crippen LogP contribution in [0.4, 0.5) is 0 Å². The van der Waals surface area contributed by atoms with E-state index in [0.29, 0.717) is 6.54 Å². The maximum Gasteiger partial charge on any atom is 0.191 e. The number of aliphatic hydroxyl groups excluding tert-OH is 1. The fourth-order valence-electron chi connectivity index (χ4n) is 3.75. The lowest BCUT2D eigenvalue weighted by atomic mass is 10.0. The number of aliphatic imine (C=N–C) groups is 1. The topological polar surface area (TPSA) is 69.1 Å². The molecule has 6 nitrogen and oxygen atoms in total. The van der Waals surface area contributed by atoms with Crippen LogP contribution in [0.15, 0.2) is 65.7 Å². The molecule has 2 aromatic carbocycles. The maximum absolute atomic E-state index is 9.83. The molecule has 0 aromatic heterocycles. The van der Waals surface area contributed by atoms with Crippen molar-refractivity contribution in [2.45, 2.75) is 18.9 Å². The molecule has 0 saturated carbocycles. The molecule has 1 aliphatic heterocycles. The van der Waals surface area contributed by atoms with E-state index in [4.69, 9.17) is 9.73 Å². The number of aliphatic hydroxyl groups is 1. The van der Waals surface area contributed by atoms with Gasteiger partial charge in [-0.25, -0.2) is 0 Å². The van der Waals surface area contributed by atoms with Gasteiger partial charge in [0.15, 0.2) is 5.96 Å². The number of nitrogens with one attached hydrogen (secondary N) is 2. The molecular weight excluding hydrogens is 376 g/mol. The van der Waals surface area contributed by atoms with Gasteiger partial charge in [0, 0.05) is 32.1 Å². The summed E-state index contributed by atoms with van der Waals surface area (Å²) in [5.74, 6) is 0.770. The number of hydrogen-bond donors (Lipinski definition) is 3. The van der Waals surface area contributed by atoms with Crippen molar-refractivity contribution >= 4 is 5.96 Å². The molecule has 0 aliphatic carbocycles. The van der Waals surface area contributed by atoms with E-state index in [0.717, 1.165) is 50.9 Å². The lowest BCUT2D eigenvalue weighted by Crippen LogP contribution is -2.46. The summed E-state index contributed by atoms with van der Waals surface area (Å²) in [5, 5.41) is 16.7. The van der Waals surface area contributed by atoms with Crippen LogP contribution in [0.2, 0.25) is 0 Å². The van der Waals surface area contributed by atoms with Crippen LogP contribution in [-0.4, -0.2) is 68.5 Å². The summed E-state index contributed by atoms with van der Waals surface area (Å²) >= 11 is 0. The van der Waals surface area contributed by atoms with E-state index in [9.17, 15) is 5.11 Å². The largest absolute Gasteiger partial charge is 0.396 e. The minimum Gasteiger partial charge on any atom is -0.396 e. The molecule has 3 rings (SSSR count). The average Bonchev–Trinajstić information content (AvgIpc) is 2.81. The normalized spacial score (nSPS) is 17.3. The Hall–Kier alpha value is -2.41. The van der Waals surface area contributed by atoms with Crippen molar-refractivity contribution in [3.63, 3.8) is 0 Å². The van der Waals surface area contributed by atoms with Gasteiger partial charge in [-0.15, -0.1) is 0 Å². The predicted molar refractivity (Wildman–Crippen MR) is 122 cm³/mol. The Bertz CT molecular complexity index is 748. The number of nitrogens with zero attached hydrogens (tertiary/aromatic N) is 2. The molecule has 1 saturated heterocycles. The molecule has 0 radical (unpaired) electrons. The molecule has 1 heterocycles. The minimum absolute atomic E-state index is 0.00850. The van der Waals surface area contributed by atoms with Crippen molar-refractivity contribution in [3.8, 4) is 0 Å². The maximum atomic E-state index is 9.83. The molecule has 0 amide bonds. The third-order valence-electron chi connectivity index (χ3n) is 5.44. The summed E-state index contributed by atoms with van der Waals surface area (Å²) in [6.07, 6.45) is 0. The molecule has 30 heavy (non-hydrogen) atoms. The first-order valence-electron chi connectivity index (χ1n) is 10.9. The number of morpholine rings is 1. The summed E-state index contributed by atoms with van der Waals surface area (Å²) in [6, 6.07) is 20.9. The molecule has 0 bridgehead atoms. The molecule has 3 N–H and O–H groups in total. The summed E-state index contributed by atoms with van der Waals surface area (Å²) in [6.45, 7) is 7.61. The average molecular weight is 411 g/mol. The quantitative estimate of drug-likeness (QED) is 0.438. The fraction of sp³-hybridized carbons (Fsp3) is 0.458. The number of ether oxygens (including phenoxy) is 1. The van der Waals surface area contributed by atoms with Gasteiger partial charge in [0.2, 0.25) is 0 Å². The van der Waals surface area contributed by atoms with E-state index >= 15 is 0 Å². The summed E-state index contributed by atoms with van der Waals surface area (Å²) < 4.78 is 5.55.